The lowest BCUT2D eigenvalue weighted by Crippen LogP contribution is -2.43. The maximum Gasteiger partial charge on any atom is 0.141 e. The first-order valence-corrected chi connectivity index (χ1v) is 8.82. The minimum absolute atomic E-state index is 0.363. The fourth-order valence-electron chi connectivity index (χ4n) is 3.05. The Balaban J connectivity index is 2.06. The fraction of sp³-hybridized carbons (Fsp3) is 0.286. The predicted molar refractivity (Wildman–Crippen MR) is 105 cm³/mol. The zero-order valence-corrected chi connectivity index (χ0v) is 15.3. The van der Waals surface area contributed by atoms with Gasteiger partial charge in [0.15, 0.2) is 0 Å². The highest BCUT2D eigenvalue weighted by molar-refractivity contribution is 5.95. The van der Waals surface area contributed by atoms with Gasteiger partial charge in [0.2, 0.25) is 0 Å². The van der Waals surface area contributed by atoms with Crippen LogP contribution in [-0.2, 0) is 0 Å². The van der Waals surface area contributed by atoms with Gasteiger partial charge in [0.1, 0.15) is 17.3 Å². The van der Waals surface area contributed by atoms with Gasteiger partial charge in [-0.15, -0.1) is 0 Å². The summed E-state index contributed by atoms with van der Waals surface area (Å²) >= 11 is 0. The number of aryl methyl sites for hydroxylation is 1. The molecule has 1 N–H and O–H groups in total. The molecule has 0 radical (unpaired) electrons. The molecule has 0 bridgehead atoms. The molecule has 2 aromatic rings. The average Bonchev–Trinajstić information content (AvgIpc) is 2.69. The molecule has 0 spiro atoms. The molecule has 3 rings (SSSR count). The van der Waals surface area contributed by atoms with E-state index in [1.807, 2.05) is 19.1 Å². The minimum atomic E-state index is -0.363. The third-order valence-electron chi connectivity index (χ3n) is 4.44. The maximum atomic E-state index is 13.6. The highest BCUT2D eigenvalue weighted by Crippen LogP contribution is 2.34. The molecule has 1 fully saturated rings. The number of anilines is 1. The number of nitrogens with zero attached hydrogens (tertiary/aromatic N) is 2. The van der Waals surface area contributed by atoms with E-state index < -0.39 is 0 Å². The number of piperazine rings is 1. The lowest BCUT2D eigenvalue weighted by atomic mass is 10.1. The summed E-state index contributed by atoms with van der Waals surface area (Å²) in [4.78, 5) is 6.98. The van der Waals surface area contributed by atoms with Gasteiger partial charge in [0.05, 0.1) is 11.2 Å². The Morgan fingerprint density at radius 1 is 1.35 bits per heavy atom. The SMILES string of the molecule is C=C/C(=C\C(F)=C\C)Oc1c(C)cnc2c(N3CCNCC3)cccc12. The van der Waals surface area contributed by atoms with Crippen molar-refractivity contribution >= 4 is 16.6 Å². The van der Waals surface area contributed by atoms with E-state index in [0.717, 1.165) is 48.3 Å². The summed E-state index contributed by atoms with van der Waals surface area (Å²) in [5, 5.41) is 4.28. The van der Waals surface area contributed by atoms with Gasteiger partial charge >= 0.3 is 0 Å². The van der Waals surface area contributed by atoms with Crippen LogP contribution in [0.15, 0.2) is 60.8 Å². The molecule has 1 aromatic carbocycles. The van der Waals surface area contributed by atoms with Crippen molar-refractivity contribution in [3.05, 3.63) is 66.4 Å². The molecule has 26 heavy (non-hydrogen) atoms. The van der Waals surface area contributed by atoms with Gasteiger partial charge in [-0.3, -0.25) is 4.98 Å². The van der Waals surface area contributed by atoms with Crippen molar-refractivity contribution in [3.63, 3.8) is 0 Å². The van der Waals surface area contributed by atoms with E-state index in [1.165, 1.54) is 18.2 Å². The molecule has 1 aliphatic heterocycles. The van der Waals surface area contributed by atoms with E-state index >= 15 is 0 Å². The van der Waals surface area contributed by atoms with Crippen LogP contribution in [0.25, 0.3) is 10.9 Å². The van der Waals surface area contributed by atoms with Crippen molar-refractivity contribution in [2.24, 2.45) is 0 Å². The first kappa shape index (κ1) is 18.1. The van der Waals surface area contributed by atoms with Gasteiger partial charge in [-0.25, -0.2) is 4.39 Å². The lowest BCUT2D eigenvalue weighted by molar-refractivity contribution is 0.443. The van der Waals surface area contributed by atoms with Gasteiger partial charge in [0.25, 0.3) is 0 Å². The van der Waals surface area contributed by atoms with Crippen LogP contribution in [-0.4, -0.2) is 31.2 Å². The molecule has 1 aromatic heterocycles. The Morgan fingerprint density at radius 2 is 2.12 bits per heavy atom. The molecule has 0 saturated carbocycles. The van der Waals surface area contributed by atoms with Crippen LogP contribution in [0.1, 0.15) is 12.5 Å². The van der Waals surface area contributed by atoms with Crippen molar-refractivity contribution in [1.82, 2.24) is 10.3 Å². The number of rotatable bonds is 5. The standard InChI is InChI=1S/C21H24FN3O/c1-4-16(22)13-17(5-2)26-21-15(3)14-24-20-18(21)7-6-8-19(20)25-11-9-23-10-12-25/h4-8,13-14,23H,2,9-12H2,1,3H3/b16-4-,17-13+. The van der Waals surface area contributed by atoms with Gasteiger partial charge in [0, 0.05) is 49.4 Å². The zero-order chi connectivity index (χ0) is 18.5. The number of ether oxygens (including phenoxy) is 1. The Bertz CT molecular complexity index is 867. The average molecular weight is 353 g/mol. The molecule has 0 amide bonds. The molecule has 0 unspecified atom stereocenters. The van der Waals surface area contributed by atoms with E-state index in [-0.39, 0.29) is 5.83 Å². The number of para-hydroxylation sites is 1. The normalized spacial score (nSPS) is 16.0. The summed E-state index contributed by atoms with van der Waals surface area (Å²) in [7, 11) is 0. The smallest absolute Gasteiger partial charge is 0.141 e. The summed E-state index contributed by atoms with van der Waals surface area (Å²) in [6.45, 7) is 11.1. The number of pyridine rings is 1. The van der Waals surface area contributed by atoms with Crippen molar-refractivity contribution in [3.8, 4) is 5.75 Å². The number of benzene rings is 1. The molecule has 1 aliphatic rings. The van der Waals surface area contributed by atoms with Crippen molar-refractivity contribution < 1.29 is 9.13 Å². The largest absolute Gasteiger partial charge is 0.456 e. The summed E-state index contributed by atoms with van der Waals surface area (Å²) in [5.74, 6) is 0.684. The Hall–Kier alpha value is -2.66. The first-order valence-electron chi connectivity index (χ1n) is 8.82. The van der Waals surface area contributed by atoms with Crippen LogP contribution < -0.4 is 15.0 Å². The molecule has 5 heteroatoms. The van der Waals surface area contributed by atoms with Crippen molar-refractivity contribution in [1.29, 1.82) is 0 Å². The monoisotopic (exact) mass is 353 g/mol. The van der Waals surface area contributed by atoms with E-state index in [4.69, 9.17) is 4.74 Å². The van der Waals surface area contributed by atoms with Crippen LogP contribution in [0.3, 0.4) is 0 Å². The van der Waals surface area contributed by atoms with Gasteiger partial charge < -0.3 is 15.0 Å². The number of nitrogens with one attached hydrogen (secondary N) is 1. The minimum Gasteiger partial charge on any atom is -0.456 e. The third-order valence-corrected chi connectivity index (χ3v) is 4.44. The van der Waals surface area contributed by atoms with Crippen LogP contribution >= 0.6 is 0 Å². The number of fused-ring (bicyclic) bond motifs is 1. The Labute approximate surface area is 153 Å². The van der Waals surface area contributed by atoms with Gasteiger partial charge in [-0.1, -0.05) is 18.7 Å². The number of allylic oxidation sites excluding steroid dienone is 4. The quantitative estimate of drug-likeness (QED) is 0.643. The topological polar surface area (TPSA) is 37.4 Å². The van der Waals surface area contributed by atoms with E-state index in [0.29, 0.717) is 11.5 Å². The highest BCUT2D eigenvalue weighted by Gasteiger charge is 2.17. The summed E-state index contributed by atoms with van der Waals surface area (Å²) in [6, 6.07) is 6.09. The number of hydrogen-bond acceptors (Lipinski definition) is 4. The first-order chi connectivity index (χ1) is 12.6. The van der Waals surface area contributed by atoms with E-state index in [2.05, 4.69) is 27.8 Å². The molecule has 4 nitrogen and oxygen atoms in total. The van der Waals surface area contributed by atoms with Crippen LogP contribution in [0, 0.1) is 6.92 Å². The second-order valence-electron chi connectivity index (χ2n) is 6.21. The predicted octanol–water partition coefficient (Wildman–Crippen LogP) is 4.27. The van der Waals surface area contributed by atoms with E-state index in [1.54, 1.807) is 13.1 Å². The second kappa shape index (κ2) is 8.15. The second-order valence-corrected chi connectivity index (χ2v) is 6.21. The summed E-state index contributed by atoms with van der Waals surface area (Å²) < 4.78 is 19.6. The van der Waals surface area contributed by atoms with Crippen LogP contribution in [0.2, 0.25) is 0 Å². The molecule has 1 saturated heterocycles. The van der Waals surface area contributed by atoms with Crippen molar-refractivity contribution in [2.45, 2.75) is 13.8 Å². The molecule has 0 atom stereocenters. The number of hydrogen-bond donors (Lipinski definition) is 1. The van der Waals surface area contributed by atoms with Crippen molar-refractivity contribution in [2.75, 3.05) is 31.1 Å². The number of aromatic nitrogens is 1. The summed E-state index contributed by atoms with van der Waals surface area (Å²) in [6.07, 6.45) is 6.02. The Morgan fingerprint density at radius 3 is 2.81 bits per heavy atom. The fourth-order valence-corrected chi connectivity index (χ4v) is 3.05. The molecule has 136 valence electrons. The summed E-state index contributed by atoms with van der Waals surface area (Å²) in [5.41, 5.74) is 2.88. The molecular weight excluding hydrogens is 329 g/mol. The lowest BCUT2D eigenvalue weighted by Gasteiger charge is -2.30. The van der Waals surface area contributed by atoms with Gasteiger partial charge in [-0.2, -0.15) is 0 Å². The van der Waals surface area contributed by atoms with Crippen LogP contribution in [0.4, 0.5) is 10.1 Å². The molecular formula is C21H24FN3O. The highest BCUT2D eigenvalue weighted by atomic mass is 19.1. The maximum absolute atomic E-state index is 13.6. The zero-order valence-electron chi connectivity index (χ0n) is 15.3. The molecule has 0 aliphatic carbocycles. The third kappa shape index (κ3) is 3.78. The van der Waals surface area contributed by atoms with Crippen LogP contribution in [0.5, 0.6) is 5.75 Å². The molecule has 2 heterocycles. The van der Waals surface area contributed by atoms with Gasteiger partial charge in [-0.05, 0) is 32.1 Å². The number of halogens is 1. The Kier molecular flexibility index (Phi) is 5.68. The van der Waals surface area contributed by atoms with E-state index in [9.17, 15) is 4.39 Å².